The molecule has 1 heterocycles. The van der Waals surface area contributed by atoms with Crippen molar-refractivity contribution in [3.8, 4) is 5.69 Å². The molecule has 120 valence electrons. The van der Waals surface area contributed by atoms with Crippen LogP contribution >= 0.6 is 22.6 Å². The standard InChI is InChI=1S/C16H11IN4O3/c17-14-3-1-2-4-15(14)19-16(22)11-9-18-20(10-11)12-5-7-13(8-6-12)21(23)24/h1-10H,(H,19,22). The number of benzene rings is 2. The fourth-order valence-electron chi connectivity index (χ4n) is 2.07. The summed E-state index contributed by atoms with van der Waals surface area (Å²) in [6.07, 6.45) is 3.03. The molecule has 0 aliphatic carbocycles. The third-order valence-corrected chi connectivity index (χ3v) is 4.23. The van der Waals surface area contributed by atoms with E-state index in [-0.39, 0.29) is 11.6 Å². The molecule has 1 aromatic heterocycles. The Morgan fingerprint density at radius 1 is 1.17 bits per heavy atom. The lowest BCUT2D eigenvalue weighted by Gasteiger charge is -2.05. The molecule has 0 bridgehead atoms. The SMILES string of the molecule is O=C(Nc1ccccc1I)c1cnn(-c2ccc([N+](=O)[O-])cc2)c1. The quantitative estimate of drug-likeness (QED) is 0.386. The highest BCUT2D eigenvalue weighted by Crippen LogP contribution is 2.19. The van der Waals surface area contributed by atoms with Crippen LogP contribution in [0.2, 0.25) is 0 Å². The second-order valence-corrected chi connectivity index (χ2v) is 6.04. The molecule has 0 atom stereocenters. The van der Waals surface area contributed by atoms with Crippen molar-refractivity contribution in [1.29, 1.82) is 0 Å². The van der Waals surface area contributed by atoms with Crippen LogP contribution in [0.25, 0.3) is 5.69 Å². The Morgan fingerprint density at radius 2 is 1.88 bits per heavy atom. The minimum absolute atomic E-state index is 0.00234. The molecule has 0 aliphatic heterocycles. The molecule has 0 spiro atoms. The lowest BCUT2D eigenvalue weighted by Crippen LogP contribution is -2.12. The number of carbonyl (C=O) groups is 1. The number of halogens is 1. The van der Waals surface area contributed by atoms with E-state index in [9.17, 15) is 14.9 Å². The smallest absolute Gasteiger partial charge is 0.269 e. The van der Waals surface area contributed by atoms with Crippen molar-refractivity contribution in [2.75, 3.05) is 5.32 Å². The van der Waals surface area contributed by atoms with Crippen LogP contribution in [-0.4, -0.2) is 20.6 Å². The molecule has 0 aliphatic rings. The van der Waals surface area contributed by atoms with Crippen LogP contribution in [0.15, 0.2) is 60.9 Å². The van der Waals surface area contributed by atoms with E-state index in [1.807, 2.05) is 24.3 Å². The van der Waals surface area contributed by atoms with Gasteiger partial charge in [0, 0.05) is 21.9 Å². The number of rotatable bonds is 4. The lowest BCUT2D eigenvalue weighted by molar-refractivity contribution is -0.384. The van der Waals surface area contributed by atoms with E-state index < -0.39 is 4.92 Å². The molecule has 3 aromatic rings. The van der Waals surface area contributed by atoms with Gasteiger partial charge in [0.1, 0.15) is 0 Å². The highest BCUT2D eigenvalue weighted by atomic mass is 127. The van der Waals surface area contributed by atoms with Crippen molar-refractivity contribution in [2.45, 2.75) is 0 Å². The Bertz CT molecular complexity index is 906. The van der Waals surface area contributed by atoms with Crippen LogP contribution in [0, 0.1) is 13.7 Å². The van der Waals surface area contributed by atoms with E-state index in [1.165, 1.54) is 23.0 Å². The van der Waals surface area contributed by atoms with Gasteiger partial charge in [-0.15, -0.1) is 0 Å². The van der Waals surface area contributed by atoms with Crippen LogP contribution in [-0.2, 0) is 0 Å². The summed E-state index contributed by atoms with van der Waals surface area (Å²) >= 11 is 2.15. The van der Waals surface area contributed by atoms with Gasteiger partial charge in [-0.05, 0) is 46.9 Å². The summed E-state index contributed by atoms with van der Waals surface area (Å²) < 4.78 is 2.43. The van der Waals surface area contributed by atoms with Crippen molar-refractivity contribution in [1.82, 2.24) is 9.78 Å². The van der Waals surface area contributed by atoms with Gasteiger partial charge in [-0.3, -0.25) is 14.9 Å². The molecular formula is C16H11IN4O3. The van der Waals surface area contributed by atoms with Crippen molar-refractivity contribution in [3.63, 3.8) is 0 Å². The number of anilines is 1. The topological polar surface area (TPSA) is 90.1 Å². The first kappa shape index (κ1) is 16.1. The van der Waals surface area contributed by atoms with Gasteiger partial charge < -0.3 is 5.32 Å². The summed E-state index contributed by atoms with van der Waals surface area (Å²) in [7, 11) is 0. The van der Waals surface area contributed by atoms with E-state index in [4.69, 9.17) is 0 Å². The number of hydrogen-bond acceptors (Lipinski definition) is 4. The maximum atomic E-state index is 12.3. The van der Waals surface area contributed by atoms with Crippen LogP contribution in [0.4, 0.5) is 11.4 Å². The zero-order valence-corrected chi connectivity index (χ0v) is 14.4. The molecule has 1 amide bonds. The van der Waals surface area contributed by atoms with Crippen LogP contribution < -0.4 is 5.32 Å². The first-order valence-electron chi connectivity index (χ1n) is 6.90. The van der Waals surface area contributed by atoms with Crippen molar-refractivity contribution in [3.05, 3.63) is 80.2 Å². The monoisotopic (exact) mass is 434 g/mol. The minimum atomic E-state index is -0.465. The molecular weight excluding hydrogens is 423 g/mol. The highest BCUT2D eigenvalue weighted by molar-refractivity contribution is 14.1. The Labute approximate surface area is 150 Å². The summed E-state index contributed by atoms with van der Waals surface area (Å²) in [6.45, 7) is 0. The number of nitrogens with zero attached hydrogens (tertiary/aromatic N) is 3. The highest BCUT2D eigenvalue weighted by Gasteiger charge is 2.12. The summed E-state index contributed by atoms with van der Waals surface area (Å²) in [5, 5.41) is 17.6. The van der Waals surface area contributed by atoms with Crippen molar-refractivity contribution < 1.29 is 9.72 Å². The molecule has 0 unspecified atom stereocenters. The zero-order valence-electron chi connectivity index (χ0n) is 12.2. The fraction of sp³-hybridized carbons (Fsp3) is 0. The molecule has 3 rings (SSSR count). The van der Waals surface area contributed by atoms with E-state index >= 15 is 0 Å². The lowest BCUT2D eigenvalue weighted by atomic mass is 10.2. The predicted molar refractivity (Wildman–Crippen MR) is 97.3 cm³/mol. The second-order valence-electron chi connectivity index (χ2n) is 4.88. The number of carbonyl (C=O) groups excluding carboxylic acids is 1. The molecule has 2 aromatic carbocycles. The van der Waals surface area contributed by atoms with E-state index in [1.54, 1.807) is 18.3 Å². The molecule has 1 N–H and O–H groups in total. The van der Waals surface area contributed by atoms with E-state index in [2.05, 4.69) is 33.0 Å². The molecule has 0 saturated heterocycles. The number of amides is 1. The van der Waals surface area contributed by atoms with E-state index in [0.717, 1.165) is 9.26 Å². The summed E-state index contributed by atoms with van der Waals surface area (Å²) in [4.78, 5) is 22.5. The predicted octanol–water partition coefficient (Wildman–Crippen LogP) is 3.64. The van der Waals surface area contributed by atoms with Crippen LogP contribution in [0.3, 0.4) is 0 Å². The van der Waals surface area contributed by atoms with Crippen LogP contribution in [0.5, 0.6) is 0 Å². The summed E-state index contributed by atoms with van der Waals surface area (Å²) in [5.74, 6) is -0.271. The molecule has 7 nitrogen and oxygen atoms in total. The van der Waals surface area contributed by atoms with Gasteiger partial charge in [0.15, 0.2) is 0 Å². The number of nitro benzene ring substituents is 1. The Hall–Kier alpha value is -2.75. The van der Waals surface area contributed by atoms with Crippen molar-refractivity contribution >= 4 is 39.9 Å². The third-order valence-electron chi connectivity index (χ3n) is 3.29. The van der Waals surface area contributed by atoms with Gasteiger partial charge >= 0.3 is 0 Å². The normalized spacial score (nSPS) is 10.4. The Balaban J connectivity index is 1.78. The molecule has 24 heavy (non-hydrogen) atoms. The average molecular weight is 434 g/mol. The molecule has 0 fully saturated rings. The maximum absolute atomic E-state index is 12.3. The first-order valence-corrected chi connectivity index (χ1v) is 7.98. The van der Waals surface area contributed by atoms with Gasteiger partial charge in [0.05, 0.1) is 28.1 Å². The summed E-state index contributed by atoms with van der Waals surface area (Å²) in [6, 6.07) is 13.4. The first-order chi connectivity index (χ1) is 11.5. The zero-order chi connectivity index (χ0) is 17.1. The number of nitro groups is 1. The Morgan fingerprint density at radius 3 is 2.54 bits per heavy atom. The third kappa shape index (κ3) is 3.43. The van der Waals surface area contributed by atoms with Crippen LogP contribution in [0.1, 0.15) is 10.4 Å². The van der Waals surface area contributed by atoms with E-state index in [0.29, 0.717) is 11.3 Å². The average Bonchev–Trinajstić information content (AvgIpc) is 3.07. The van der Waals surface area contributed by atoms with Crippen molar-refractivity contribution in [2.24, 2.45) is 0 Å². The minimum Gasteiger partial charge on any atom is -0.321 e. The molecule has 8 heteroatoms. The van der Waals surface area contributed by atoms with Gasteiger partial charge in [-0.1, -0.05) is 12.1 Å². The molecule has 0 radical (unpaired) electrons. The number of non-ortho nitro benzene ring substituents is 1. The fourth-order valence-corrected chi connectivity index (χ4v) is 2.59. The Kier molecular flexibility index (Phi) is 4.56. The molecule has 0 saturated carbocycles. The number of para-hydroxylation sites is 1. The maximum Gasteiger partial charge on any atom is 0.269 e. The van der Waals surface area contributed by atoms with Gasteiger partial charge in [-0.25, -0.2) is 4.68 Å². The van der Waals surface area contributed by atoms with Gasteiger partial charge in [-0.2, -0.15) is 5.10 Å². The number of aromatic nitrogens is 2. The second kappa shape index (κ2) is 6.79. The summed E-state index contributed by atoms with van der Waals surface area (Å²) in [5.41, 5.74) is 1.76. The van der Waals surface area contributed by atoms with Gasteiger partial charge in [0.2, 0.25) is 0 Å². The number of hydrogen-bond donors (Lipinski definition) is 1. The largest absolute Gasteiger partial charge is 0.321 e. The number of nitrogens with one attached hydrogen (secondary N) is 1. The van der Waals surface area contributed by atoms with Gasteiger partial charge in [0.25, 0.3) is 11.6 Å².